The smallest absolute Gasteiger partial charge is 0.186 e. The third kappa shape index (κ3) is 7.45. The van der Waals surface area contributed by atoms with Gasteiger partial charge in [0, 0.05) is 42.0 Å². The van der Waals surface area contributed by atoms with Crippen molar-refractivity contribution in [3.63, 3.8) is 0 Å². The highest BCUT2D eigenvalue weighted by atomic mass is 32.1. The van der Waals surface area contributed by atoms with Crippen molar-refractivity contribution in [1.29, 1.82) is 0 Å². The summed E-state index contributed by atoms with van der Waals surface area (Å²) in [5, 5.41) is 12.7. The molecule has 0 saturated heterocycles. The van der Waals surface area contributed by atoms with Crippen molar-refractivity contribution in [2.24, 2.45) is 10.9 Å². The second-order valence-corrected chi connectivity index (χ2v) is 10.1. The van der Waals surface area contributed by atoms with Gasteiger partial charge in [-0.3, -0.25) is 4.98 Å². The number of ether oxygens (including phenoxy) is 2. The summed E-state index contributed by atoms with van der Waals surface area (Å²) in [6.07, 6.45) is 6.57. The molecule has 0 radical (unpaired) electrons. The number of aromatic nitrogens is 2. The van der Waals surface area contributed by atoms with Crippen LogP contribution in [0.2, 0.25) is 0 Å². The maximum Gasteiger partial charge on any atom is 0.186 e. The Morgan fingerprint density at radius 3 is 2.24 bits per heavy atom. The summed E-state index contributed by atoms with van der Waals surface area (Å²) in [5.74, 6) is 1.70. The van der Waals surface area contributed by atoms with Crippen LogP contribution >= 0.6 is 11.3 Å². The van der Waals surface area contributed by atoms with Crippen molar-refractivity contribution in [2.45, 2.75) is 32.7 Å². The second-order valence-electron chi connectivity index (χ2n) is 8.91. The molecule has 38 heavy (non-hydrogen) atoms. The minimum atomic E-state index is 0.0825. The lowest BCUT2D eigenvalue weighted by atomic mass is 10.1. The fraction of sp³-hybridized carbons (Fsp3) is 0.276. The number of nitrogens with zero attached hydrogens (tertiary/aromatic N) is 4. The van der Waals surface area contributed by atoms with Crippen molar-refractivity contribution in [2.75, 3.05) is 25.2 Å². The average Bonchev–Trinajstić information content (AvgIpc) is 3.35. The first-order valence-electron chi connectivity index (χ1n) is 12.5. The molecule has 0 spiro atoms. The van der Waals surface area contributed by atoms with Gasteiger partial charge in [-0.25, -0.2) is 4.98 Å². The van der Waals surface area contributed by atoms with Crippen LogP contribution in [-0.4, -0.2) is 41.3 Å². The van der Waals surface area contributed by atoms with Crippen molar-refractivity contribution in [1.82, 2.24) is 9.97 Å². The lowest BCUT2D eigenvalue weighted by Gasteiger charge is -2.15. The maximum absolute atomic E-state index is 8.72. The van der Waals surface area contributed by atoms with Crippen molar-refractivity contribution in [3.8, 4) is 22.8 Å². The lowest BCUT2D eigenvalue weighted by Crippen LogP contribution is -2.16. The van der Waals surface area contributed by atoms with Crippen LogP contribution in [0.4, 0.5) is 5.13 Å². The maximum atomic E-state index is 8.72. The van der Waals surface area contributed by atoms with E-state index in [0.29, 0.717) is 18.8 Å². The van der Waals surface area contributed by atoms with Crippen molar-refractivity contribution in [3.05, 3.63) is 89.1 Å². The Labute approximate surface area is 227 Å². The third-order valence-corrected chi connectivity index (χ3v) is 7.05. The largest absolute Gasteiger partial charge is 0.494 e. The minimum Gasteiger partial charge on any atom is -0.494 e. The molecule has 0 saturated carbocycles. The number of benzene rings is 2. The molecule has 0 atom stereocenters. The van der Waals surface area contributed by atoms with E-state index in [1.165, 1.54) is 4.88 Å². The molecule has 2 aromatic heterocycles. The quantitative estimate of drug-likeness (QED) is 0.0730. The van der Waals surface area contributed by atoms with Gasteiger partial charge in [0.1, 0.15) is 11.5 Å². The fourth-order valence-corrected chi connectivity index (χ4v) is 4.79. The number of thiazole rings is 1. The first-order chi connectivity index (χ1) is 18.5. The van der Waals surface area contributed by atoms with E-state index in [2.05, 4.69) is 47.2 Å². The zero-order chi connectivity index (χ0) is 26.7. The fourth-order valence-electron chi connectivity index (χ4n) is 3.90. The van der Waals surface area contributed by atoms with Gasteiger partial charge in [-0.05, 0) is 86.3 Å². The number of amidine groups is 1. The zero-order valence-electron chi connectivity index (χ0n) is 21.7. The van der Waals surface area contributed by atoms with E-state index in [4.69, 9.17) is 25.4 Å². The lowest BCUT2D eigenvalue weighted by molar-refractivity contribution is 0.279. The van der Waals surface area contributed by atoms with Gasteiger partial charge >= 0.3 is 0 Å². The third-order valence-electron chi connectivity index (χ3n) is 5.97. The number of aryl methyl sites for hydroxylation is 1. The van der Waals surface area contributed by atoms with Crippen molar-refractivity contribution >= 4 is 22.3 Å². The summed E-state index contributed by atoms with van der Waals surface area (Å²) in [7, 11) is 2.06. The van der Waals surface area contributed by atoms with E-state index < -0.39 is 0 Å². The molecule has 0 aliphatic heterocycles. The van der Waals surface area contributed by atoms with Gasteiger partial charge in [-0.2, -0.15) is 0 Å². The first kappa shape index (κ1) is 26.9. The van der Waals surface area contributed by atoms with Gasteiger partial charge in [0.05, 0.1) is 18.9 Å². The van der Waals surface area contributed by atoms with E-state index in [1.54, 1.807) is 29.7 Å². The number of anilines is 1. The molecule has 9 heteroatoms. The number of pyridine rings is 1. The molecule has 0 amide bonds. The molecule has 198 valence electrons. The summed E-state index contributed by atoms with van der Waals surface area (Å²) >= 11 is 1.70. The molecule has 8 nitrogen and oxygen atoms in total. The van der Waals surface area contributed by atoms with Gasteiger partial charge in [0.2, 0.25) is 0 Å². The van der Waals surface area contributed by atoms with E-state index >= 15 is 0 Å². The van der Waals surface area contributed by atoms with Crippen molar-refractivity contribution < 1.29 is 14.7 Å². The number of unbranched alkanes of at least 4 members (excludes halogenated alkanes) is 2. The van der Waals surface area contributed by atoms with Crippen LogP contribution in [0.15, 0.2) is 78.2 Å². The number of nitrogens with two attached hydrogens (primary N) is 1. The Morgan fingerprint density at radius 1 is 0.974 bits per heavy atom. The predicted molar refractivity (Wildman–Crippen MR) is 152 cm³/mol. The monoisotopic (exact) mass is 531 g/mol. The standard InChI is InChI=1S/C29H33N5O3S/c1-21-27(32-29(38-21)34(2)20-22-7-6-16-31-19-22)23-8-12-25(13-9-23)36-17-4-3-5-18-37-26-14-10-24(11-15-26)28(30)33-35/h6-16,19,35H,3-5,17-18,20H2,1-2H3,(H2,30,33). The molecular weight excluding hydrogens is 498 g/mol. The highest BCUT2D eigenvalue weighted by Crippen LogP contribution is 2.33. The van der Waals surface area contributed by atoms with Crippen LogP contribution < -0.4 is 20.1 Å². The van der Waals surface area contributed by atoms with Gasteiger partial charge in [0.15, 0.2) is 11.0 Å². The highest BCUT2D eigenvalue weighted by molar-refractivity contribution is 7.16. The van der Waals surface area contributed by atoms with Gasteiger partial charge in [-0.15, -0.1) is 11.3 Å². The molecule has 2 heterocycles. The number of hydrogen-bond acceptors (Lipinski definition) is 8. The summed E-state index contributed by atoms with van der Waals surface area (Å²) in [5.41, 5.74) is 9.47. The summed E-state index contributed by atoms with van der Waals surface area (Å²) in [6, 6.07) is 19.3. The number of oxime groups is 1. The number of rotatable bonds is 13. The molecular formula is C29H33N5O3S. The number of hydrogen-bond donors (Lipinski definition) is 2. The average molecular weight is 532 g/mol. The SMILES string of the molecule is Cc1sc(N(C)Cc2cccnc2)nc1-c1ccc(OCCCCCOc2ccc(/C(N)=N\O)cc2)cc1. The van der Waals surface area contributed by atoms with Crippen LogP contribution in [0.5, 0.6) is 11.5 Å². The molecule has 3 N–H and O–H groups in total. The molecule has 0 aliphatic rings. The van der Waals surface area contributed by atoms with Gasteiger partial charge < -0.3 is 25.3 Å². The Bertz CT molecular complexity index is 1310. The Morgan fingerprint density at radius 2 is 1.63 bits per heavy atom. The van der Waals surface area contributed by atoms with E-state index in [0.717, 1.165) is 59.3 Å². The molecule has 2 aromatic carbocycles. The first-order valence-corrected chi connectivity index (χ1v) is 13.4. The predicted octanol–water partition coefficient (Wildman–Crippen LogP) is 5.87. The molecule has 0 aliphatic carbocycles. The second kappa shape index (κ2) is 13.4. The normalized spacial score (nSPS) is 11.4. The van der Waals surface area contributed by atoms with E-state index in [9.17, 15) is 0 Å². The van der Waals surface area contributed by atoms with Crippen LogP contribution in [0, 0.1) is 6.92 Å². The molecule has 4 rings (SSSR count). The van der Waals surface area contributed by atoms with Crippen LogP contribution in [0.25, 0.3) is 11.3 Å². The van der Waals surface area contributed by atoms with E-state index in [1.807, 2.05) is 36.5 Å². The van der Waals surface area contributed by atoms with Gasteiger partial charge in [-0.1, -0.05) is 11.2 Å². The zero-order valence-corrected chi connectivity index (χ0v) is 22.5. The minimum absolute atomic E-state index is 0.0825. The molecule has 0 fully saturated rings. The summed E-state index contributed by atoms with van der Waals surface area (Å²) in [4.78, 5) is 12.4. The Hall–Kier alpha value is -4.11. The van der Waals surface area contributed by atoms with Crippen LogP contribution in [0.1, 0.15) is 35.3 Å². The van der Waals surface area contributed by atoms with Crippen LogP contribution in [-0.2, 0) is 6.54 Å². The Balaban J connectivity index is 1.17. The summed E-state index contributed by atoms with van der Waals surface area (Å²) in [6.45, 7) is 4.17. The highest BCUT2D eigenvalue weighted by Gasteiger charge is 2.13. The van der Waals surface area contributed by atoms with Crippen LogP contribution in [0.3, 0.4) is 0 Å². The summed E-state index contributed by atoms with van der Waals surface area (Å²) < 4.78 is 11.7. The molecule has 0 bridgehead atoms. The molecule has 0 unspecified atom stereocenters. The van der Waals surface area contributed by atoms with E-state index in [-0.39, 0.29) is 5.84 Å². The molecule has 4 aromatic rings. The topological polar surface area (TPSA) is 106 Å². The van der Waals surface area contributed by atoms with Gasteiger partial charge in [0.25, 0.3) is 0 Å². The Kier molecular flexibility index (Phi) is 9.53.